The van der Waals surface area contributed by atoms with E-state index in [0.29, 0.717) is 11.3 Å². The summed E-state index contributed by atoms with van der Waals surface area (Å²) in [6.07, 6.45) is 0. The number of fused-ring (bicyclic) bond motifs is 1. The SMILES string of the molecule is Cc1ccc(-c2cc(Br)ccc2OCc2ccc(F)cc2F)n1-c1cc(C(N)=O)c2ccccc2c1. The molecule has 0 fully saturated rings. The fourth-order valence-corrected chi connectivity index (χ4v) is 4.70. The van der Waals surface area contributed by atoms with Gasteiger partial charge < -0.3 is 15.0 Å². The third-order valence-corrected chi connectivity index (χ3v) is 6.56. The highest BCUT2D eigenvalue weighted by atomic mass is 79.9. The quantitative estimate of drug-likeness (QED) is 0.242. The predicted octanol–water partition coefficient (Wildman–Crippen LogP) is 7.32. The molecule has 1 aromatic heterocycles. The maximum atomic E-state index is 14.2. The number of primary amides is 1. The van der Waals surface area contributed by atoms with E-state index in [0.717, 1.165) is 44.0 Å². The van der Waals surface area contributed by atoms with Gasteiger partial charge in [0.05, 0.1) is 5.69 Å². The zero-order valence-corrected chi connectivity index (χ0v) is 20.9. The Hall–Kier alpha value is -3.97. The lowest BCUT2D eigenvalue weighted by atomic mass is 10.0. The predicted molar refractivity (Wildman–Crippen MR) is 140 cm³/mol. The van der Waals surface area contributed by atoms with Gasteiger partial charge in [0.1, 0.15) is 24.0 Å². The van der Waals surface area contributed by atoms with Gasteiger partial charge in [-0.15, -0.1) is 0 Å². The van der Waals surface area contributed by atoms with Gasteiger partial charge in [-0.05, 0) is 72.3 Å². The Morgan fingerprint density at radius 2 is 1.78 bits per heavy atom. The highest BCUT2D eigenvalue weighted by molar-refractivity contribution is 9.10. The second-order valence-corrected chi connectivity index (χ2v) is 9.35. The number of hydrogen-bond acceptors (Lipinski definition) is 2. The van der Waals surface area contributed by atoms with Crippen molar-refractivity contribution >= 4 is 32.6 Å². The summed E-state index contributed by atoms with van der Waals surface area (Å²) in [5, 5.41) is 1.67. The van der Waals surface area contributed by atoms with E-state index >= 15 is 0 Å². The molecule has 4 aromatic carbocycles. The Morgan fingerprint density at radius 3 is 2.56 bits per heavy atom. The largest absolute Gasteiger partial charge is 0.488 e. The van der Waals surface area contributed by atoms with Gasteiger partial charge in [0.15, 0.2) is 0 Å². The summed E-state index contributed by atoms with van der Waals surface area (Å²) < 4.78 is 36.4. The van der Waals surface area contributed by atoms with Crippen LogP contribution in [0.25, 0.3) is 27.7 Å². The first-order valence-corrected chi connectivity index (χ1v) is 12.0. The lowest BCUT2D eigenvalue weighted by molar-refractivity contribution is 0.100. The molecule has 0 atom stereocenters. The van der Waals surface area contributed by atoms with Crippen molar-refractivity contribution in [2.45, 2.75) is 13.5 Å². The molecule has 2 N–H and O–H groups in total. The number of rotatable bonds is 6. The van der Waals surface area contributed by atoms with Gasteiger partial charge in [-0.1, -0.05) is 40.2 Å². The molecule has 5 rings (SSSR count). The van der Waals surface area contributed by atoms with Crippen LogP contribution in [-0.2, 0) is 6.61 Å². The molecule has 180 valence electrons. The number of nitrogens with zero attached hydrogens (tertiary/aromatic N) is 1. The number of nitrogens with two attached hydrogens (primary N) is 1. The first-order valence-electron chi connectivity index (χ1n) is 11.2. The molecule has 0 spiro atoms. The van der Waals surface area contributed by atoms with E-state index in [2.05, 4.69) is 15.9 Å². The molecule has 36 heavy (non-hydrogen) atoms. The molecule has 1 heterocycles. The molecule has 0 saturated heterocycles. The molecule has 0 aliphatic carbocycles. The molecule has 0 unspecified atom stereocenters. The molecular weight excluding hydrogens is 526 g/mol. The molecule has 7 heteroatoms. The minimum Gasteiger partial charge on any atom is -0.488 e. The smallest absolute Gasteiger partial charge is 0.249 e. The first kappa shape index (κ1) is 23.8. The number of aryl methyl sites for hydroxylation is 1. The van der Waals surface area contributed by atoms with Crippen LogP contribution in [0.4, 0.5) is 8.78 Å². The minimum atomic E-state index is -0.664. The van der Waals surface area contributed by atoms with Crippen molar-refractivity contribution in [2.75, 3.05) is 0 Å². The molecule has 0 aliphatic heterocycles. The molecule has 0 aliphatic rings. The lowest BCUT2D eigenvalue weighted by Gasteiger charge is -2.18. The highest BCUT2D eigenvalue weighted by Gasteiger charge is 2.18. The van der Waals surface area contributed by atoms with Crippen molar-refractivity contribution in [3.63, 3.8) is 0 Å². The van der Waals surface area contributed by atoms with Crippen LogP contribution in [0.2, 0.25) is 0 Å². The Morgan fingerprint density at radius 1 is 0.972 bits per heavy atom. The summed E-state index contributed by atoms with van der Waals surface area (Å²) in [6, 6.07) is 24.3. The van der Waals surface area contributed by atoms with Gasteiger partial charge >= 0.3 is 0 Å². The molecular formula is C29H21BrF2N2O2. The zero-order chi connectivity index (χ0) is 25.4. The third-order valence-electron chi connectivity index (χ3n) is 6.06. The Labute approximate surface area is 215 Å². The summed E-state index contributed by atoms with van der Waals surface area (Å²) in [5.41, 5.74) is 9.68. The number of amides is 1. The summed E-state index contributed by atoms with van der Waals surface area (Å²) in [5.74, 6) is -1.29. The van der Waals surface area contributed by atoms with Crippen molar-refractivity contribution in [1.82, 2.24) is 4.57 Å². The molecule has 0 saturated carbocycles. The average molecular weight is 547 g/mol. The fourth-order valence-electron chi connectivity index (χ4n) is 4.34. The molecule has 4 nitrogen and oxygen atoms in total. The van der Waals surface area contributed by atoms with Crippen LogP contribution < -0.4 is 10.5 Å². The summed E-state index contributed by atoms with van der Waals surface area (Å²) in [4.78, 5) is 12.3. The van der Waals surface area contributed by atoms with E-state index in [1.807, 2.05) is 66.1 Å². The molecule has 0 bridgehead atoms. The standard InChI is InChI=1S/C29H21BrF2N2O2/c1-17-6-10-27(34(17)22-12-18-4-2-3-5-23(18)24(15-22)29(33)35)25-13-20(30)8-11-28(25)36-16-19-7-9-21(31)14-26(19)32/h2-15H,16H2,1H3,(H2,33,35). The highest BCUT2D eigenvalue weighted by Crippen LogP contribution is 2.37. The number of halogens is 3. The van der Waals surface area contributed by atoms with Crippen LogP contribution >= 0.6 is 15.9 Å². The van der Waals surface area contributed by atoms with Crippen molar-refractivity contribution in [3.05, 3.63) is 118 Å². The van der Waals surface area contributed by atoms with Crippen molar-refractivity contribution in [3.8, 4) is 22.7 Å². The number of carbonyl (C=O) groups excluding carboxylic acids is 1. The number of aromatic nitrogens is 1. The van der Waals surface area contributed by atoms with Gasteiger partial charge in [0.2, 0.25) is 5.91 Å². The number of carbonyl (C=O) groups is 1. The van der Waals surface area contributed by atoms with Crippen molar-refractivity contribution < 1.29 is 18.3 Å². The van der Waals surface area contributed by atoms with Crippen LogP contribution in [0.1, 0.15) is 21.6 Å². The topological polar surface area (TPSA) is 57.2 Å². The summed E-state index contributed by atoms with van der Waals surface area (Å²) in [6.45, 7) is 1.90. The third kappa shape index (κ3) is 4.50. The van der Waals surface area contributed by atoms with Gasteiger partial charge in [-0.3, -0.25) is 4.79 Å². The van der Waals surface area contributed by atoms with Gasteiger partial charge in [0.25, 0.3) is 0 Å². The van der Waals surface area contributed by atoms with Crippen LogP contribution in [0.15, 0.2) is 89.4 Å². The average Bonchev–Trinajstić information content (AvgIpc) is 3.24. The number of hydrogen-bond donors (Lipinski definition) is 1. The molecule has 1 amide bonds. The summed E-state index contributed by atoms with van der Waals surface area (Å²) >= 11 is 3.53. The fraction of sp³-hybridized carbons (Fsp3) is 0.0690. The van der Waals surface area contributed by atoms with Gasteiger partial charge in [-0.2, -0.15) is 0 Å². The Bertz CT molecular complexity index is 1630. The van der Waals surface area contributed by atoms with E-state index in [-0.39, 0.29) is 12.2 Å². The van der Waals surface area contributed by atoms with Crippen molar-refractivity contribution in [2.24, 2.45) is 5.73 Å². The van der Waals surface area contributed by atoms with E-state index < -0.39 is 17.5 Å². The van der Waals surface area contributed by atoms with Crippen LogP contribution in [0, 0.1) is 18.6 Å². The maximum Gasteiger partial charge on any atom is 0.249 e. The van der Waals surface area contributed by atoms with Gasteiger partial charge in [0, 0.05) is 38.6 Å². The Kier molecular flexibility index (Phi) is 6.33. The van der Waals surface area contributed by atoms with E-state index in [1.54, 1.807) is 12.1 Å². The molecule has 0 radical (unpaired) electrons. The van der Waals surface area contributed by atoms with E-state index in [4.69, 9.17) is 10.5 Å². The molecule has 5 aromatic rings. The lowest BCUT2D eigenvalue weighted by Crippen LogP contribution is -2.12. The normalized spacial score (nSPS) is 11.1. The van der Waals surface area contributed by atoms with Crippen LogP contribution in [0.3, 0.4) is 0 Å². The van der Waals surface area contributed by atoms with Gasteiger partial charge in [-0.25, -0.2) is 8.78 Å². The second kappa shape index (κ2) is 9.59. The minimum absolute atomic E-state index is 0.0672. The number of benzene rings is 4. The zero-order valence-electron chi connectivity index (χ0n) is 19.3. The maximum absolute atomic E-state index is 14.2. The number of ether oxygens (including phenoxy) is 1. The summed E-state index contributed by atoms with van der Waals surface area (Å²) in [7, 11) is 0. The van der Waals surface area contributed by atoms with Crippen LogP contribution in [-0.4, -0.2) is 10.5 Å². The second-order valence-electron chi connectivity index (χ2n) is 8.44. The van der Waals surface area contributed by atoms with E-state index in [9.17, 15) is 13.6 Å². The first-order chi connectivity index (χ1) is 17.3. The van der Waals surface area contributed by atoms with Crippen molar-refractivity contribution in [1.29, 1.82) is 0 Å². The monoisotopic (exact) mass is 546 g/mol. The Balaban J connectivity index is 1.62. The van der Waals surface area contributed by atoms with E-state index in [1.165, 1.54) is 12.1 Å². The van der Waals surface area contributed by atoms with Crippen LogP contribution in [0.5, 0.6) is 5.75 Å².